The third-order valence-electron chi connectivity index (χ3n) is 6.61. The summed E-state index contributed by atoms with van der Waals surface area (Å²) in [6.45, 7) is 1.89. The minimum atomic E-state index is -2.21. The maximum absolute atomic E-state index is 13.7. The molecule has 0 spiro atoms. The maximum Gasteiger partial charge on any atom is 0.251 e. The van der Waals surface area contributed by atoms with Crippen LogP contribution in [0.3, 0.4) is 0 Å². The monoisotopic (exact) mass is 478 g/mol. The Kier molecular flexibility index (Phi) is 6.44. The van der Waals surface area contributed by atoms with Crippen LogP contribution in [0.1, 0.15) is 11.1 Å². The fourth-order valence-corrected chi connectivity index (χ4v) is 9.14. The van der Waals surface area contributed by atoms with E-state index in [1.54, 1.807) is 18.3 Å². The van der Waals surface area contributed by atoms with Gasteiger partial charge < -0.3 is 4.98 Å². The molecular weight excluding hydrogens is 452 g/mol. The molecule has 1 N–H and O–H groups in total. The largest absolute Gasteiger partial charge is 0.328 e. The first kappa shape index (κ1) is 23.0. The van der Waals surface area contributed by atoms with E-state index in [4.69, 9.17) is 0 Å². The molecule has 0 aliphatic rings. The summed E-state index contributed by atoms with van der Waals surface area (Å²) in [6, 6.07) is 38.3. The van der Waals surface area contributed by atoms with Crippen molar-refractivity contribution in [1.29, 1.82) is 0 Å². The standard InChI is InChI=1S/C31H25FNOP/c1-23-30(29(21-33-31(23)34)24-17-19-25(32)20-18-24)22-35(26-11-5-2-6-12-26,27-13-7-3-8-14-27)28-15-9-4-10-16-28/h2-21H,22H2,1H3/p+1. The van der Waals surface area contributed by atoms with E-state index in [2.05, 4.69) is 77.8 Å². The number of halogens is 1. The van der Waals surface area contributed by atoms with Crippen LogP contribution in [0.2, 0.25) is 0 Å². The number of aromatic amines is 1. The summed E-state index contributed by atoms with van der Waals surface area (Å²) in [6.07, 6.45) is 2.45. The summed E-state index contributed by atoms with van der Waals surface area (Å²) < 4.78 is 13.7. The summed E-state index contributed by atoms with van der Waals surface area (Å²) in [5.41, 5.74) is 3.39. The predicted molar refractivity (Wildman–Crippen MR) is 146 cm³/mol. The Hall–Kier alpha value is -3.81. The first-order valence-corrected chi connectivity index (χ1v) is 13.6. The Morgan fingerprint density at radius 3 is 1.60 bits per heavy atom. The fraction of sp³-hybridized carbons (Fsp3) is 0.0645. The summed E-state index contributed by atoms with van der Waals surface area (Å²) in [5.74, 6) is -0.281. The van der Waals surface area contributed by atoms with Crippen LogP contribution in [0.4, 0.5) is 4.39 Å². The summed E-state index contributed by atoms with van der Waals surface area (Å²) in [7, 11) is -2.21. The van der Waals surface area contributed by atoms with Crippen molar-refractivity contribution in [3.63, 3.8) is 0 Å². The van der Waals surface area contributed by atoms with Crippen LogP contribution in [0.15, 0.2) is 126 Å². The lowest BCUT2D eigenvalue weighted by Crippen LogP contribution is -2.33. The second-order valence-corrected chi connectivity index (χ2v) is 12.1. The van der Waals surface area contributed by atoms with Gasteiger partial charge in [-0.05, 0) is 61.0 Å². The van der Waals surface area contributed by atoms with Crippen LogP contribution in [0.5, 0.6) is 0 Å². The van der Waals surface area contributed by atoms with Crippen molar-refractivity contribution in [1.82, 2.24) is 4.98 Å². The van der Waals surface area contributed by atoms with Gasteiger partial charge in [0.05, 0.1) is 6.16 Å². The van der Waals surface area contributed by atoms with Gasteiger partial charge in [-0.1, -0.05) is 66.7 Å². The smallest absolute Gasteiger partial charge is 0.251 e. The van der Waals surface area contributed by atoms with Crippen LogP contribution >= 0.6 is 7.26 Å². The lowest BCUT2D eigenvalue weighted by atomic mass is 10.00. The van der Waals surface area contributed by atoms with Gasteiger partial charge in [0.25, 0.3) is 5.56 Å². The Balaban J connectivity index is 1.83. The molecule has 0 saturated heterocycles. The van der Waals surface area contributed by atoms with E-state index in [-0.39, 0.29) is 11.4 Å². The maximum atomic E-state index is 13.7. The third-order valence-corrected chi connectivity index (χ3v) is 10.9. The average molecular weight is 479 g/mol. The van der Waals surface area contributed by atoms with Gasteiger partial charge in [-0.3, -0.25) is 4.79 Å². The molecule has 0 aliphatic heterocycles. The highest BCUT2D eigenvalue weighted by Crippen LogP contribution is 2.59. The number of H-pyrrole nitrogens is 1. The van der Waals surface area contributed by atoms with Gasteiger partial charge >= 0.3 is 0 Å². The highest BCUT2D eigenvalue weighted by Gasteiger charge is 2.46. The van der Waals surface area contributed by atoms with Gasteiger partial charge in [-0.15, -0.1) is 0 Å². The van der Waals surface area contributed by atoms with Crippen molar-refractivity contribution in [2.75, 3.05) is 0 Å². The molecule has 172 valence electrons. The van der Waals surface area contributed by atoms with Crippen molar-refractivity contribution in [2.24, 2.45) is 0 Å². The summed E-state index contributed by atoms with van der Waals surface area (Å²) in [5, 5.41) is 3.76. The molecule has 4 aromatic carbocycles. The van der Waals surface area contributed by atoms with E-state index >= 15 is 0 Å². The molecule has 35 heavy (non-hydrogen) atoms. The number of aromatic nitrogens is 1. The molecule has 0 amide bonds. The van der Waals surface area contributed by atoms with E-state index in [0.717, 1.165) is 16.7 Å². The first-order valence-electron chi connectivity index (χ1n) is 11.6. The van der Waals surface area contributed by atoms with Crippen molar-refractivity contribution in [3.05, 3.63) is 149 Å². The van der Waals surface area contributed by atoms with Crippen molar-refractivity contribution in [3.8, 4) is 11.1 Å². The fourth-order valence-electron chi connectivity index (χ4n) is 4.77. The molecule has 5 aromatic rings. The second kappa shape index (κ2) is 9.82. The second-order valence-electron chi connectivity index (χ2n) is 8.62. The van der Waals surface area contributed by atoms with Crippen molar-refractivity contribution < 1.29 is 4.39 Å². The summed E-state index contributed by atoms with van der Waals surface area (Å²) in [4.78, 5) is 15.8. The number of benzene rings is 4. The molecule has 1 heterocycles. The van der Waals surface area contributed by atoms with Gasteiger partial charge in [0.1, 0.15) is 29.0 Å². The Morgan fingerprint density at radius 1 is 0.686 bits per heavy atom. The molecule has 0 fully saturated rings. The van der Waals surface area contributed by atoms with Crippen LogP contribution in [0, 0.1) is 12.7 Å². The molecule has 5 rings (SSSR count). The van der Waals surface area contributed by atoms with Crippen LogP contribution < -0.4 is 21.5 Å². The van der Waals surface area contributed by atoms with E-state index in [0.29, 0.717) is 11.7 Å². The lowest BCUT2D eigenvalue weighted by Gasteiger charge is -2.29. The molecule has 1 aromatic heterocycles. The third kappa shape index (κ3) is 4.36. The highest BCUT2D eigenvalue weighted by atomic mass is 31.2. The topological polar surface area (TPSA) is 32.9 Å². The van der Waals surface area contributed by atoms with Crippen molar-refractivity contribution in [2.45, 2.75) is 13.1 Å². The number of rotatable bonds is 6. The van der Waals surface area contributed by atoms with Crippen LogP contribution in [-0.2, 0) is 6.16 Å². The van der Waals surface area contributed by atoms with E-state index in [1.165, 1.54) is 28.0 Å². The Labute approximate surface area is 205 Å². The van der Waals surface area contributed by atoms with Gasteiger partial charge in [0.15, 0.2) is 0 Å². The van der Waals surface area contributed by atoms with Gasteiger partial charge in [-0.2, -0.15) is 0 Å². The Bertz CT molecular complexity index is 1380. The molecule has 4 heteroatoms. The van der Waals surface area contributed by atoms with E-state index in [1.807, 2.05) is 25.1 Å². The molecular formula is C31H26FNOP+. The lowest BCUT2D eigenvalue weighted by molar-refractivity contribution is 0.628. The van der Waals surface area contributed by atoms with E-state index in [9.17, 15) is 9.18 Å². The Morgan fingerprint density at radius 2 is 1.14 bits per heavy atom. The zero-order valence-corrected chi connectivity index (χ0v) is 20.4. The molecule has 0 bridgehead atoms. The van der Waals surface area contributed by atoms with E-state index < -0.39 is 7.26 Å². The number of nitrogens with one attached hydrogen (secondary N) is 1. The van der Waals surface area contributed by atoms with Gasteiger partial charge in [0.2, 0.25) is 0 Å². The molecule has 0 saturated carbocycles. The molecule has 0 radical (unpaired) electrons. The number of pyridine rings is 1. The zero-order valence-electron chi connectivity index (χ0n) is 19.5. The minimum Gasteiger partial charge on any atom is -0.328 e. The molecule has 2 nitrogen and oxygen atoms in total. The predicted octanol–water partition coefficient (Wildman–Crippen LogP) is 5.98. The molecule has 0 unspecified atom stereocenters. The van der Waals surface area contributed by atoms with Gasteiger partial charge in [-0.25, -0.2) is 4.39 Å². The number of hydrogen-bond acceptors (Lipinski definition) is 1. The van der Waals surface area contributed by atoms with Crippen LogP contribution in [0.25, 0.3) is 11.1 Å². The van der Waals surface area contributed by atoms with Crippen molar-refractivity contribution >= 4 is 23.2 Å². The molecule has 0 aliphatic carbocycles. The zero-order chi connectivity index (χ0) is 24.3. The SMILES string of the molecule is Cc1c(C[P+](c2ccccc2)(c2ccccc2)c2ccccc2)c(-c2ccc(F)cc2)c[nH]c1=O. The molecule has 0 atom stereocenters. The average Bonchev–Trinajstić information content (AvgIpc) is 2.92. The normalized spacial score (nSPS) is 11.4. The van der Waals surface area contributed by atoms with Gasteiger partial charge in [0, 0.05) is 22.9 Å². The van der Waals surface area contributed by atoms with Crippen LogP contribution in [-0.4, -0.2) is 4.98 Å². The quantitative estimate of drug-likeness (QED) is 0.299. The summed E-state index contributed by atoms with van der Waals surface area (Å²) >= 11 is 0. The first-order chi connectivity index (χ1) is 17.1. The highest BCUT2D eigenvalue weighted by molar-refractivity contribution is 7.95. The minimum absolute atomic E-state index is 0.0989. The number of hydrogen-bond donors (Lipinski definition) is 1.